The monoisotopic (exact) mass is 658 g/mol. The van der Waals surface area contributed by atoms with E-state index < -0.39 is 5.20 Å². The first-order chi connectivity index (χ1) is 20.6. The number of anilines is 2. The van der Waals surface area contributed by atoms with Crippen LogP contribution in [0, 0.1) is 0 Å². The van der Waals surface area contributed by atoms with Crippen molar-refractivity contribution in [3.05, 3.63) is 70.3 Å². The van der Waals surface area contributed by atoms with Gasteiger partial charge < -0.3 is 20.0 Å². The van der Waals surface area contributed by atoms with E-state index in [1.54, 1.807) is 12.1 Å². The van der Waals surface area contributed by atoms with Gasteiger partial charge in [0, 0.05) is 37.6 Å². The number of hydrogen-bond donors (Lipinski definition) is 2. The predicted octanol–water partition coefficient (Wildman–Crippen LogP) is 9.11. The fraction of sp³-hybridized carbons (Fsp3) is 0.364. The number of carbonyl (C=O) groups is 1. The third-order valence-electron chi connectivity index (χ3n) is 8.94. The summed E-state index contributed by atoms with van der Waals surface area (Å²) in [5.74, 6) is 0.475. The Labute approximate surface area is 265 Å². The van der Waals surface area contributed by atoms with E-state index in [0.717, 1.165) is 49.4 Å². The fourth-order valence-corrected chi connectivity index (χ4v) is 7.34. The van der Waals surface area contributed by atoms with Crippen molar-refractivity contribution in [1.82, 2.24) is 0 Å². The van der Waals surface area contributed by atoms with Crippen molar-refractivity contribution in [2.45, 2.75) is 51.4 Å². The SMILES string of the molecule is O=Cc1cc2cc3c4c(c2cc1O)CCCN4CCC3.O=P(Cl)(Cl)Cl.Oc1ccc2cc3c4c(c2c1)CCCN4CCC3. The van der Waals surface area contributed by atoms with Crippen LogP contribution in [-0.4, -0.2) is 42.7 Å². The standard InChI is InChI=1S/C17H17NO2.C16H17NO.Cl3OP/c19-10-13-8-12-7-11-3-1-5-18-6-2-4-14(17(11)18)15(12)9-16(13)20;18-13-6-5-11-9-12-3-1-7-17-8-2-4-14(16(12)17)15(11)10-13;1-5(2,3)4/h7-10,20H,1-6H2;5-6,9-10,18H,1-4,7-8H2;. The van der Waals surface area contributed by atoms with E-state index in [4.69, 9.17) is 0 Å². The van der Waals surface area contributed by atoms with Crippen LogP contribution >= 0.6 is 38.9 Å². The minimum absolute atomic E-state index is 0.0941. The first-order valence-electron chi connectivity index (χ1n) is 14.8. The molecule has 0 saturated carbocycles. The Bertz CT molecular complexity index is 1760. The summed E-state index contributed by atoms with van der Waals surface area (Å²) in [6.45, 7) is 4.68. The number of aryl methyl sites for hydroxylation is 4. The van der Waals surface area contributed by atoms with Gasteiger partial charge in [-0.25, -0.2) is 0 Å². The van der Waals surface area contributed by atoms with Crippen LogP contribution < -0.4 is 9.80 Å². The van der Waals surface area contributed by atoms with Crippen LogP contribution in [0.3, 0.4) is 0 Å². The molecule has 4 aromatic carbocycles. The molecule has 4 aromatic rings. The normalized spacial score (nSPS) is 16.8. The summed E-state index contributed by atoms with van der Waals surface area (Å²) in [6, 6.07) is 13.9. The van der Waals surface area contributed by atoms with Gasteiger partial charge in [-0.1, -0.05) is 6.07 Å². The van der Waals surface area contributed by atoms with Crippen molar-refractivity contribution in [1.29, 1.82) is 0 Å². The van der Waals surface area contributed by atoms with Gasteiger partial charge in [0.1, 0.15) is 11.5 Å². The van der Waals surface area contributed by atoms with Crippen molar-refractivity contribution in [3.63, 3.8) is 0 Å². The Morgan fingerprint density at radius 1 is 0.674 bits per heavy atom. The number of carbonyl (C=O) groups excluding carboxylic acids is 1. The van der Waals surface area contributed by atoms with Crippen molar-refractivity contribution in [2.75, 3.05) is 36.0 Å². The van der Waals surface area contributed by atoms with Gasteiger partial charge in [-0.3, -0.25) is 9.36 Å². The Morgan fingerprint density at radius 3 is 1.70 bits per heavy atom. The lowest BCUT2D eigenvalue weighted by Gasteiger charge is -2.37. The second-order valence-electron chi connectivity index (χ2n) is 11.7. The van der Waals surface area contributed by atoms with Crippen molar-refractivity contribution < 1.29 is 19.6 Å². The van der Waals surface area contributed by atoms with Gasteiger partial charge in [0.05, 0.1) is 5.56 Å². The molecular weight excluding hydrogens is 626 g/mol. The molecule has 0 fully saturated rings. The Morgan fingerprint density at radius 2 is 1.16 bits per heavy atom. The van der Waals surface area contributed by atoms with Gasteiger partial charge in [0.2, 0.25) is 0 Å². The highest BCUT2D eigenvalue weighted by Gasteiger charge is 2.27. The van der Waals surface area contributed by atoms with Crippen LogP contribution in [0.1, 0.15) is 58.3 Å². The molecule has 0 spiro atoms. The largest absolute Gasteiger partial charge is 0.508 e. The molecule has 226 valence electrons. The highest BCUT2D eigenvalue weighted by atomic mass is 36.0. The predicted molar refractivity (Wildman–Crippen MR) is 179 cm³/mol. The molecule has 0 atom stereocenters. The first-order valence-corrected chi connectivity index (χ1v) is 19.3. The molecule has 0 aromatic heterocycles. The zero-order valence-corrected chi connectivity index (χ0v) is 27.0. The number of halogens is 3. The molecule has 0 amide bonds. The summed E-state index contributed by atoms with van der Waals surface area (Å²) in [4.78, 5) is 16.0. The van der Waals surface area contributed by atoms with E-state index in [2.05, 4.69) is 61.7 Å². The highest BCUT2D eigenvalue weighted by Crippen LogP contribution is 2.61. The summed E-state index contributed by atoms with van der Waals surface area (Å²) in [6.07, 6.45) is 10.2. The van der Waals surface area contributed by atoms with E-state index in [1.165, 1.54) is 89.6 Å². The van der Waals surface area contributed by atoms with E-state index >= 15 is 0 Å². The lowest BCUT2D eigenvalue weighted by atomic mass is 9.87. The van der Waals surface area contributed by atoms with Gasteiger partial charge in [-0.05, 0) is 165 Å². The molecule has 0 saturated heterocycles. The molecule has 6 nitrogen and oxygen atoms in total. The molecular formula is C33H34Cl3N2O4P. The van der Waals surface area contributed by atoms with E-state index in [0.29, 0.717) is 11.3 Å². The van der Waals surface area contributed by atoms with Gasteiger partial charge >= 0.3 is 5.20 Å². The average molecular weight is 660 g/mol. The molecule has 0 unspecified atom stereocenters. The van der Waals surface area contributed by atoms with E-state index in [1.807, 2.05) is 12.1 Å². The Kier molecular flexibility index (Phi) is 8.77. The number of aldehydes is 1. The third-order valence-corrected chi connectivity index (χ3v) is 8.94. The Balaban J connectivity index is 0.000000133. The Hall–Kier alpha value is -2.63. The van der Waals surface area contributed by atoms with Gasteiger partial charge in [0.15, 0.2) is 6.29 Å². The summed E-state index contributed by atoms with van der Waals surface area (Å²) >= 11 is 13.8. The van der Waals surface area contributed by atoms with Crippen LogP contribution in [0.15, 0.2) is 42.5 Å². The molecule has 10 heteroatoms. The average Bonchev–Trinajstić information content (AvgIpc) is 2.98. The number of hydrogen-bond acceptors (Lipinski definition) is 6. The lowest BCUT2D eigenvalue weighted by Crippen LogP contribution is -2.34. The van der Waals surface area contributed by atoms with Crippen molar-refractivity contribution >= 4 is 78.1 Å². The summed E-state index contributed by atoms with van der Waals surface area (Å²) in [5, 5.41) is 21.2. The molecule has 4 heterocycles. The molecule has 2 N–H and O–H groups in total. The summed E-state index contributed by atoms with van der Waals surface area (Å²) in [7, 11) is 0. The van der Waals surface area contributed by atoms with Crippen molar-refractivity contribution in [3.8, 4) is 11.5 Å². The van der Waals surface area contributed by atoms with E-state index in [-0.39, 0.29) is 5.75 Å². The number of rotatable bonds is 1. The highest BCUT2D eigenvalue weighted by molar-refractivity contribution is 8.24. The van der Waals surface area contributed by atoms with Gasteiger partial charge in [-0.2, -0.15) is 0 Å². The molecule has 4 aliphatic heterocycles. The zero-order chi connectivity index (χ0) is 30.3. The lowest BCUT2D eigenvalue weighted by molar-refractivity contribution is 0.112. The molecule has 0 radical (unpaired) electrons. The number of phenols is 2. The maximum atomic E-state index is 11.0. The molecule has 43 heavy (non-hydrogen) atoms. The molecule has 8 rings (SSSR count). The van der Waals surface area contributed by atoms with Crippen LogP contribution in [0.4, 0.5) is 11.4 Å². The van der Waals surface area contributed by atoms with Crippen molar-refractivity contribution in [2.24, 2.45) is 0 Å². The summed E-state index contributed by atoms with van der Waals surface area (Å²) < 4.78 is 9.51. The van der Waals surface area contributed by atoms with Crippen LogP contribution in [-0.2, 0) is 30.2 Å². The van der Waals surface area contributed by atoms with Crippen LogP contribution in [0.2, 0.25) is 0 Å². The van der Waals surface area contributed by atoms with E-state index in [9.17, 15) is 19.6 Å². The quantitative estimate of drug-likeness (QED) is 0.157. The summed E-state index contributed by atoms with van der Waals surface area (Å²) in [5.41, 5.74) is 8.99. The van der Waals surface area contributed by atoms with Gasteiger partial charge in [-0.15, -0.1) is 0 Å². The third kappa shape index (κ3) is 6.44. The van der Waals surface area contributed by atoms with Crippen LogP contribution in [0.25, 0.3) is 21.5 Å². The number of fused-ring (bicyclic) bond motifs is 4. The number of nitrogens with zero attached hydrogens (tertiary/aromatic N) is 2. The first kappa shape index (κ1) is 30.4. The maximum absolute atomic E-state index is 11.0. The second kappa shape index (κ2) is 12.4. The molecule has 4 aliphatic rings. The maximum Gasteiger partial charge on any atom is 0.339 e. The zero-order valence-electron chi connectivity index (χ0n) is 23.8. The molecule has 0 aliphatic carbocycles. The second-order valence-corrected chi connectivity index (χ2v) is 18.3. The topological polar surface area (TPSA) is 81.1 Å². The van der Waals surface area contributed by atoms with Crippen LogP contribution in [0.5, 0.6) is 11.5 Å². The number of phenolic OH excluding ortho intramolecular Hbond substituents is 2. The fourth-order valence-electron chi connectivity index (χ4n) is 7.34. The van der Waals surface area contributed by atoms with Gasteiger partial charge in [0.25, 0.3) is 0 Å². The smallest absolute Gasteiger partial charge is 0.339 e. The number of benzene rings is 4. The number of aromatic hydroxyl groups is 2. The minimum Gasteiger partial charge on any atom is -0.508 e. The minimum atomic E-state index is -3.22. The molecule has 0 bridgehead atoms.